The number of fused-ring (bicyclic) bond motifs is 1. The van der Waals surface area contributed by atoms with E-state index in [0.29, 0.717) is 11.3 Å². The lowest BCUT2D eigenvalue weighted by Crippen LogP contribution is -2.62. The second-order valence-corrected chi connectivity index (χ2v) is 12.6. The molecule has 2 aromatic rings. The molecule has 0 aromatic heterocycles. The molecule has 0 N–H and O–H groups in total. The van der Waals surface area contributed by atoms with Gasteiger partial charge in [-0.2, -0.15) is 5.26 Å². The predicted octanol–water partition coefficient (Wildman–Crippen LogP) is 7.26. The van der Waals surface area contributed by atoms with Crippen molar-refractivity contribution in [2.24, 2.45) is 11.3 Å². The highest BCUT2D eigenvalue weighted by Gasteiger charge is 2.51. The van der Waals surface area contributed by atoms with Crippen molar-refractivity contribution in [1.29, 1.82) is 5.26 Å². The Morgan fingerprint density at radius 2 is 1.43 bits per heavy atom. The van der Waals surface area contributed by atoms with Crippen LogP contribution in [0.4, 0.5) is 11.4 Å². The fourth-order valence-electron chi connectivity index (χ4n) is 6.12. The van der Waals surface area contributed by atoms with Crippen molar-refractivity contribution in [3.63, 3.8) is 0 Å². The molecular formula is C30H38N4S. The summed E-state index contributed by atoms with van der Waals surface area (Å²) in [7, 11) is 0. The molecule has 2 fully saturated rings. The van der Waals surface area contributed by atoms with Crippen molar-refractivity contribution < 1.29 is 0 Å². The van der Waals surface area contributed by atoms with Crippen LogP contribution in [-0.2, 0) is 0 Å². The molecule has 5 heteroatoms. The molecule has 0 radical (unpaired) electrons. The summed E-state index contributed by atoms with van der Waals surface area (Å²) in [4.78, 5) is 7.41. The van der Waals surface area contributed by atoms with Gasteiger partial charge in [-0.15, -0.1) is 0 Å². The Balaban J connectivity index is 1.53. The second-order valence-electron chi connectivity index (χ2n) is 11.7. The van der Waals surface area contributed by atoms with E-state index in [4.69, 9.17) is 0 Å². The van der Waals surface area contributed by atoms with Crippen molar-refractivity contribution in [2.45, 2.75) is 65.8 Å². The minimum Gasteiger partial charge on any atom is -0.344 e. The molecule has 2 aromatic carbocycles. The fraction of sp³-hybridized carbons (Fsp3) is 0.500. The molecule has 2 aliphatic heterocycles. The van der Waals surface area contributed by atoms with Crippen molar-refractivity contribution in [3.05, 3.63) is 70.3 Å². The van der Waals surface area contributed by atoms with Crippen molar-refractivity contribution in [3.8, 4) is 6.07 Å². The quantitative estimate of drug-likeness (QED) is 0.446. The van der Waals surface area contributed by atoms with Crippen LogP contribution in [0.3, 0.4) is 0 Å². The third-order valence-electron chi connectivity index (χ3n) is 8.39. The number of rotatable bonds is 2. The van der Waals surface area contributed by atoms with Gasteiger partial charge in [-0.25, -0.2) is 0 Å². The summed E-state index contributed by atoms with van der Waals surface area (Å²) in [5.41, 5.74) is 6.11. The predicted molar refractivity (Wildman–Crippen MR) is 148 cm³/mol. The SMILES string of the molecule is Cc1ccc(N2CSC3=C(C#N)C4(CCC(C(C)(C)C)CC4)N(c4ccc(C)cc4)CN3C2)cc1. The van der Waals surface area contributed by atoms with E-state index in [1.54, 1.807) is 0 Å². The average Bonchev–Trinajstić information content (AvgIpc) is 2.84. The normalized spacial score (nSPS) is 25.0. The molecule has 1 spiro atoms. The molecule has 3 aliphatic rings. The average molecular weight is 487 g/mol. The maximum absolute atomic E-state index is 10.6. The lowest BCUT2D eigenvalue weighted by atomic mass is 9.64. The first-order valence-electron chi connectivity index (χ1n) is 12.9. The summed E-state index contributed by atoms with van der Waals surface area (Å²) in [6.07, 6.45) is 4.44. The number of nitriles is 1. The number of nitrogens with zero attached hydrogens (tertiary/aromatic N) is 4. The van der Waals surface area contributed by atoms with Crippen molar-refractivity contribution >= 4 is 23.1 Å². The van der Waals surface area contributed by atoms with Crippen LogP contribution >= 0.6 is 11.8 Å². The Kier molecular flexibility index (Phi) is 6.30. The van der Waals surface area contributed by atoms with E-state index in [0.717, 1.165) is 37.6 Å². The van der Waals surface area contributed by atoms with Gasteiger partial charge in [0.25, 0.3) is 0 Å². The number of aryl methyl sites for hydroxylation is 2. The van der Waals surface area contributed by atoms with Gasteiger partial charge in [0.05, 0.1) is 41.4 Å². The van der Waals surface area contributed by atoms with Gasteiger partial charge >= 0.3 is 0 Å². The Bertz CT molecular complexity index is 1130. The topological polar surface area (TPSA) is 33.5 Å². The van der Waals surface area contributed by atoms with Gasteiger partial charge in [-0.1, -0.05) is 67.9 Å². The van der Waals surface area contributed by atoms with Gasteiger partial charge in [-0.3, -0.25) is 0 Å². The van der Waals surface area contributed by atoms with Crippen LogP contribution in [0.25, 0.3) is 0 Å². The van der Waals surface area contributed by atoms with Crippen LogP contribution in [-0.4, -0.2) is 29.7 Å². The highest BCUT2D eigenvalue weighted by molar-refractivity contribution is 8.03. The van der Waals surface area contributed by atoms with Crippen LogP contribution in [0.5, 0.6) is 0 Å². The van der Waals surface area contributed by atoms with Gasteiger partial charge in [0, 0.05) is 11.4 Å². The lowest BCUT2D eigenvalue weighted by Gasteiger charge is -2.57. The number of benzene rings is 2. The van der Waals surface area contributed by atoms with Gasteiger partial charge in [-0.05, 0) is 75.1 Å². The van der Waals surface area contributed by atoms with Crippen LogP contribution < -0.4 is 9.80 Å². The van der Waals surface area contributed by atoms with E-state index < -0.39 is 0 Å². The third kappa shape index (κ3) is 4.42. The molecule has 2 heterocycles. The number of hydrogen-bond acceptors (Lipinski definition) is 5. The summed E-state index contributed by atoms with van der Waals surface area (Å²) in [6.45, 7) is 13.0. The largest absolute Gasteiger partial charge is 0.344 e. The number of anilines is 2. The third-order valence-corrected chi connectivity index (χ3v) is 9.56. The molecule has 0 unspecified atom stereocenters. The highest BCUT2D eigenvalue weighted by Crippen LogP contribution is 2.52. The Hall–Kier alpha value is -2.58. The molecule has 0 amide bonds. The van der Waals surface area contributed by atoms with Crippen molar-refractivity contribution in [1.82, 2.24) is 4.90 Å². The van der Waals surface area contributed by atoms with Gasteiger partial charge in [0.2, 0.25) is 0 Å². The first kappa shape index (κ1) is 24.1. The zero-order valence-corrected chi connectivity index (χ0v) is 22.7. The summed E-state index contributed by atoms with van der Waals surface area (Å²) in [6, 6.07) is 20.5. The smallest absolute Gasteiger partial charge is 0.0999 e. The second kappa shape index (κ2) is 9.13. The summed E-state index contributed by atoms with van der Waals surface area (Å²) in [5, 5.41) is 11.8. The van der Waals surface area contributed by atoms with Crippen LogP contribution in [0, 0.1) is 36.5 Å². The molecule has 1 saturated heterocycles. The zero-order valence-electron chi connectivity index (χ0n) is 21.8. The van der Waals surface area contributed by atoms with E-state index in [-0.39, 0.29) is 5.54 Å². The van der Waals surface area contributed by atoms with Crippen LogP contribution in [0.1, 0.15) is 57.6 Å². The molecule has 0 atom stereocenters. The molecule has 35 heavy (non-hydrogen) atoms. The zero-order chi connectivity index (χ0) is 24.8. The Morgan fingerprint density at radius 1 is 0.857 bits per heavy atom. The van der Waals surface area contributed by atoms with Gasteiger partial charge in [0.15, 0.2) is 0 Å². The molecule has 0 bridgehead atoms. The maximum Gasteiger partial charge on any atom is 0.0999 e. The molecule has 5 rings (SSSR count). The fourth-order valence-corrected chi connectivity index (χ4v) is 7.31. The van der Waals surface area contributed by atoms with Crippen LogP contribution in [0.15, 0.2) is 59.1 Å². The lowest BCUT2D eigenvalue weighted by molar-refractivity contribution is 0.131. The van der Waals surface area contributed by atoms with E-state index >= 15 is 0 Å². The van der Waals surface area contributed by atoms with E-state index in [9.17, 15) is 5.26 Å². The number of hydrogen-bond donors (Lipinski definition) is 0. The standard InChI is InChI=1S/C30H38N4S/c1-22-6-10-25(11-7-22)33-19-32-20-34(26-12-8-23(2)9-13-26)30(27(18-31)28(32)35-21-33)16-14-24(15-17-30)29(3,4)5/h6-13,24H,14-17,19-21H2,1-5H3. The van der Waals surface area contributed by atoms with Gasteiger partial charge in [0.1, 0.15) is 0 Å². The molecule has 1 saturated carbocycles. The highest BCUT2D eigenvalue weighted by atomic mass is 32.2. The summed E-state index contributed by atoms with van der Waals surface area (Å²) in [5.74, 6) is 1.58. The van der Waals surface area contributed by atoms with E-state index in [2.05, 4.69) is 104 Å². The minimum atomic E-state index is -0.212. The minimum absolute atomic E-state index is 0.212. The monoisotopic (exact) mass is 486 g/mol. The maximum atomic E-state index is 10.6. The Labute approximate surface area is 215 Å². The van der Waals surface area contributed by atoms with Gasteiger partial charge < -0.3 is 14.7 Å². The summed E-state index contributed by atoms with van der Waals surface area (Å²) < 4.78 is 0. The molecule has 4 nitrogen and oxygen atoms in total. The van der Waals surface area contributed by atoms with E-state index in [1.807, 2.05) is 11.8 Å². The first-order chi connectivity index (χ1) is 16.7. The van der Waals surface area contributed by atoms with E-state index in [1.165, 1.54) is 40.4 Å². The van der Waals surface area contributed by atoms with Crippen LogP contribution in [0.2, 0.25) is 0 Å². The summed E-state index contributed by atoms with van der Waals surface area (Å²) >= 11 is 1.84. The number of thioether (sulfide) groups is 1. The molecule has 184 valence electrons. The molecular weight excluding hydrogens is 448 g/mol. The van der Waals surface area contributed by atoms with Crippen molar-refractivity contribution in [2.75, 3.05) is 29.0 Å². The molecule has 1 aliphatic carbocycles. The Morgan fingerprint density at radius 3 is 1.97 bits per heavy atom. The first-order valence-corrected chi connectivity index (χ1v) is 13.9.